The van der Waals surface area contributed by atoms with Crippen molar-refractivity contribution in [1.82, 2.24) is 39.4 Å². The number of aryl methyl sites for hydroxylation is 3. The molecule has 9 rings (SSSR count). The molecular weight excluding hydrogens is 625 g/mol. The summed E-state index contributed by atoms with van der Waals surface area (Å²) in [4.78, 5) is 14.6. The molecule has 12 nitrogen and oxygen atoms in total. The number of aliphatic hydroxyl groups is 1. The lowest BCUT2D eigenvalue weighted by atomic mass is 9.79. The quantitative estimate of drug-likeness (QED) is 0.269. The molecule has 49 heavy (non-hydrogen) atoms. The zero-order chi connectivity index (χ0) is 33.7. The molecule has 0 amide bonds. The Morgan fingerprint density at radius 3 is 2.94 bits per heavy atom. The van der Waals surface area contributed by atoms with Crippen LogP contribution in [0.4, 0.5) is 10.2 Å². The summed E-state index contributed by atoms with van der Waals surface area (Å²) >= 11 is 0. The van der Waals surface area contributed by atoms with Crippen LogP contribution >= 0.6 is 0 Å². The van der Waals surface area contributed by atoms with Crippen LogP contribution in [0.5, 0.6) is 6.01 Å². The summed E-state index contributed by atoms with van der Waals surface area (Å²) in [5.41, 5.74) is 7.83. The van der Waals surface area contributed by atoms with Crippen LogP contribution in [0, 0.1) is 0 Å². The number of hydrogen-bond donors (Lipinski definition) is 2. The maximum absolute atomic E-state index is 13.6. The Kier molecular flexibility index (Phi) is 7.09. The fraction of sp³-hybridized carbons (Fsp3) is 0.556. The van der Waals surface area contributed by atoms with Gasteiger partial charge in [0.25, 0.3) is 0 Å². The van der Waals surface area contributed by atoms with Crippen LogP contribution in [0.3, 0.4) is 0 Å². The molecule has 4 aliphatic rings. The van der Waals surface area contributed by atoms with E-state index in [4.69, 9.17) is 24.5 Å². The van der Waals surface area contributed by atoms with E-state index in [1.807, 2.05) is 25.0 Å². The van der Waals surface area contributed by atoms with E-state index in [0.29, 0.717) is 51.0 Å². The summed E-state index contributed by atoms with van der Waals surface area (Å²) in [5, 5.41) is 26.1. The molecule has 1 aromatic carbocycles. The number of benzene rings is 1. The number of aromatic nitrogens is 7. The average molecular weight is 670 g/mol. The highest BCUT2D eigenvalue weighted by Crippen LogP contribution is 2.47. The Bertz CT molecular complexity index is 2150. The molecule has 3 saturated heterocycles. The second kappa shape index (κ2) is 11.2. The van der Waals surface area contributed by atoms with Gasteiger partial charge in [-0.1, -0.05) is 6.92 Å². The molecule has 2 N–H and O–H groups in total. The van der Waals surface area contributed by atoms with Crippen molar-refractivity contribution < 1.29 is 19.0 Å². The zero-order valence-electron chi connectivity index (χ0n) is 28.7. The number of nitrogens with one attached hydrogen (secondary N) is 1. The van der Waals surface area contributed by atoms with Crippen LogP contribution in [-0.4, -0.2) is 102 Å². The predicted molar refractivity (Wildman–Crippen MR) is 186 cm³/mol. The van der Waals surface area contributed by atoms with Gasteiger partial charge in [0.2, 0.25) is 0 Å². The number of hydrogen-bond acceptors (Lipinski definition) is 9. The number of β-amino-alcohol motifs (C(OH)–C–C–N with tert-alkyl or cyclic N) is 1. The molecule has 0 saturated carbocycles. The predicted octanol–water partition coefficient (Wildman–Crippen LogP) is 4.90. The fourth-order valence-corrected chi connectivity index (χ4v) is 9.32. The largest absolute Gasteiger partial charge is 0.461 e. The number of fused-ring (bicyclic) bond motifs is 6. The third-order valence-electron chi connectivity index (χ3n) is 11.5. The van der Waals surface area contributed by atoms with Gasteiger partial charge in [-0.05, 0) is 80.7 Å². The van der Waals surface area contributed by atoms with Crippen LogP contribution in [0.25, 0.3) is 44.2 Å². The molecular formula is C36H44FN9O3. The molecule has 1 aliphatic carbocycles. The van der Waals surface area contributed by atoms with Crippen molar-refractivity contribution in [2.24, 2.45) is 14.1 Å². The summed E-state index contributed by atoms with van der Waals surface area (Å²) < 4.78 is 30.1. The third kappa shape index (κ3) is 4.79. The minimum absolute atomic E-state index is 0.238. The Labute approximate surface area is 283 Å². The minimum atomic E-state index is -1.07. The molecule has 3 aliphatic heterocycles. The van der Waals surface area contributed by atoms with E-state index in [1.165, 1.54) is 11.1 Å². The number of anilines is 1. The molecule has 3 fully saturated rings. The van der Waals surface area contributed by atoms with Crippen molar-refractivity contribution in [1.29, 1.82) is 0 Å². The maximum atomic E-state index is 13.6. The van der Waals surface area contributed by atoms with Crippen molar-refractivity contribution in [3.63, 3.8) is 0 Å². The second-order valence-corrected chi connectivity index (χ2v) is 15.2. The van der Waals surface area contributed by atoms with Gasteiger partial charge < -0.3 is 24.0 Å². The molecule has 0 spiro atoms. The summed E-state index contributed by atoms with van der Waals surface area (Å²) in [5.74, 6) is 1.07. The summed E-state index contributed by atoms with van der Waals surface area (Å²) in [7, 11) is 4.02. The van der Waals surface area contributed by atoms with Crippen molar-refractivity contribution in [3.8, 4) is 17.3 Å². The summed E-state index contributed by atoms with van der Waals surface area (Å²) in [6.45, 7) is 7.62. The van der Waals surface area contributed by atoms with Crippen molar-refractivity contribution in [2.45, 2.75) is 69.4 Å². The lowest BCUT2D eigenvalue weighted by Crippen LogP contribution is -2.44. The molecule has 4 aromatic heterocycles. The maximum Gasteiger partial charge on any atom is 0.320 e. The number of rotatable bonds is 5. The highest BCUT2D eigenvalue weighted by atomic mass is 19.1. The van der Waals surface area contributed by atoms with E-state index < -0.39 is 5.60 Å². The van der Waals surface area contributed by atoms with Crippen LogP contribution in [0.2, 0.25) is 0 Å². The van der Waals surface area contributed by atoms with Gasteiger partial charge in [0.05, 0.1) is 59.8 Å². The molecule has 3 atom stereocenters. The average Bonchev–Trinajstić information content (AvgIpc) is 3.87. The lowest BCUT2D eigenvalue weighted by molar-refractivity contribution is -0.0123. The molecule has 0 unspecified atom stereocenters. The first-order valence-electron chi connectivity index (χ1n) is 17.6. The standard InChI is InChI=1S/C36H44FN9O3/c1-21-7-5-8-23-13-25-24(16-38-41-25)27(26(21)23)29-31-30(44(4)42-29)28-32(43(31)3)39-34(40-33(28)45-11-12-48-19-35(2,47)18-45)49-20-36-9-6-10-46(36)17-22(14-36)15-37/h13,15-16,21,47H,5-12,14,17-20H2,1-4H3,(H,38,41)/b22-15-/t21-,35+,36+/m1/s1. The normalized spacial score (nSPS) is 27.1. The third-order valence-corrected chi connectivity index (χ3v) is 11.5. The Hall–Kier alpha value is -4.07. The zero-order valence-corrected chi connectivity index (χ0v) is 28.7. The van der Waals surface area contributed by atoms with Crippen LogP contribution in [0.15, 0.2) is 24.2 Å². The van der Waals surface area contributed by atoms with E-state index in [1.54, 1.807) is 6.92 Å². The molecule has 7 heterocycles. The number of ether oxygens (including phenoxy) is 2. The van der Waals surface area contributed by atoms with Gasteiger partial charge in [-0.15, -0.1) is 0 Å². The van der Waals surface area contributed by atoms with E-state index >= 15 is 0 Å². The lowest BCUT2D eigenvalue weighted by Gasteiger charge is -2.31. The monoisotopic (exact) mass is 669 g/mol. The van der Waals surface area contributed by atoms with Gasteiger partial charge in [-0.25, -0.2) is 4.39 Å². The van der Waals surface area contributed by atoms with Crippen LogP contribution < -0.4 is 9.64 Å². The minimum Gasteiger partial charge on any atom is -0.461 e. The fourth-order valence-electron chi connectivity index (χ4n) is 9.32. The van der Waals surface area contributed by atoms with E-state index in [0.717, 1.165) is 94.8 Å². The highest BCUT2D eigenvalue weighted by Gasteiger charge is 2.47. The van der Waals surface area contributed by atoms with Crippen LogP contribution in [-0.2, 0) is 25.3 Å². The number of H-pyrrole nitrogens is 1. The second-order valence-electron chi connectivity index (χ2n) is 15.2. The van der Waals surface area contributed by atoms with E-state index in [9.17, 15) is 9.50 Å². The van der Waals surface area contributed by atoms with Crippen molar-refractivity contribution in [3.05, 3.63) is 35.3 Å². The Morgan fingerprint density at radius 1 is 1.20 bits per heavy atom. The molecule has 0 bridgehead atoms. The molecule has 5 aromatic rings. The van der Waals surface area contributed by atoms with Crippen LogP contribution in [0.1, 0.15) is 63.0 Å². The first-order valence-corrected chi connectivity index (χ1v) is 17.6. The smallest absolute Gasteiger partial charge is 0.320 e. The van der Waals surface area contributed by atoms with Gasteiger partial charge in [-0.2, -0.15) is 20.2 Å². The SMILES string of the molecule is C[C@@H]1CCCc2cc3[nH]ncc3c(-c3nn(C)c4c5c(N6CCOC[C@@](C)(O)C6)nc(OC[C@@]67CCCN6C/C(=C\F)C7)nc5n(C)c34)c21. The van der Waals surface area contributed by atoms with Gasteiger partial charge in [0, 0.05) is 38.1 Å². The van der Waals surface area contributed by atoms with E-state index in [2.05, 4.69) is 37.6 Å². The molecule has 258 valence electrons. The van der Waals surface area contributed by atoms with Gasteiger partial charge >= 0.3 is 6.01 Å². The number of nitrogens with zero attached hydrogens (tertiary/aromatic N) is 8. The Balaban J connectivity index is 1.25. The first kappa shape index (κ1) is 30.9. The number of aromatic amines is 1. The van der Waals surface area contributed by atoms with Crippen molar-refractivity contribution in [2.75, 3.05) is 50.9 Å². The highest BCUT2D eigenvalue weighted by molar-refractivity contribution is 6.16. The summed E-state index contributed by atoms with van der Waals surface area (Å²) in [6, 6.07) is 2.54. The van der Waals surface area contributed by atoms with E-state index in [-0.39, 0.29) is 18.2 Å². The first-order chi connectivity index (χ1) is 23.7. The van der Waals surface area contributed by atoms with Gasteiger partial charge in [0.1, 0.15) is 23.7 Å². The molecule has 13 heteroatoms. The van der Waals surface area contributed by atoms with Gasteiger partial charge in [0.15, 0.2) is 5.65 Å². The van der Waals surface area contributed by atoms with Gasteiger partial charge in [-0.3, -0.25) is 14.7 Å². The molecule has 0 radical (unpaired) electrons. The Morgan fingerprint density at radius 2 is 2.08 bits per heavy atom. The summed E-state index contributed by atoms with van der Waals surface area (Å²) in [6.07, 6.45) is 8.65. The topological polar surface area (TPSA) is 122 Å². The number of halogens is 1. The van der Waals surface area contributed by atoms with Crippen molar-refractivity contribution >= 4 is 38.8 Å².